The normalized spacial score (nSPS) is 13.8. The molecule has 0 spiro atoms. The van der Waals surface area contributed by atoms with E-state index in [1.807, 2.05) is 19.1 Å². The van der Waals surface area contributed by atoms with Gasteiger partial charge in [-0.05, 0) is 43.7 Å². The number of fused-ring (bicyclic) bond motifs is 1. The molecule has 0 fully saturated rings. The highest BCUT2D eigenvalue weighted by Gasteiger charge is 2.29. The molecule has 10 heteroatoms. The average molecular weight is 469 g/mol. The predicted octanol–water partition coefficient (Wildman–Crippen LogP) is 3.37. The molecule has 0 radical (unpaired) electrons. The quantitative estimate of drug-likeness (QED) is 0.615. The van der Waals surface area contributed by atoms with Gasteiger partial charge in [0.25, 0.3) is 10.0 Å². The minimum absolute atomic E-state index is 0.0446. The zero-order valence-corrected chi connectivity index (χ0v) is 19.6. The molecule has 0 unspecified atom stereocenters. The number of amides is 1. The molecule has 0 bridgehead atoms. The van der Waals surface area contributed by atoms with Crippen LogP contribution in [0.15, 0.2) is 47.4 Å². The summed E-state index contributed by atoms with van der Waals surface area (Å²) in [5.41, 5.74) is 2.97. The number of methoxy groups -OCH3 is 1. The van der Waals surface area contributed by atoms with Crippen molar-refractivity contribution in [1.82, 2.24) is 9.78 Å². The zero-order chi connectivity index (χ0) is 23.9. The number of aromatic nitrogens is 2. The molecule has 1 N–H and O–H groups in total. The van der Waals surface area contributed by atoms with Crippen LogP contribution in [0.2, 0.25) is 0 Å². The lowest BCUT2D eigenvalue weighted by molar-refractivity contribution is -0.116. The molecule has 1 aromatic heterocycles. The van der Waals surface area contributed by atoms with Gasteiger partial charge in [0.15, 0.2) is 0 Å². The summed E-state index contributed by atoms with van der Waals surface area (Å²) < 4.78 is 34.8. The monoisotopic (exact) mass is 468 g/mol. The largest absolute Gasteiger partial charge is 0.495 e. The number of hydrogen-bond donors (Lipinski definition) is 1. The molecule has 0 saturated carbocycles. The second kappa shape index (κ2) is 8.36. The maximum atomic E-state index is 13.6. The Kier molecular flexibility index (Phi) is 5.71. The van der Waals surface area contributed by atoms with E-state index in [4.69, 9.17) is 4.74 Å². The van der Waals surface area contributed by atoms with Crippen molar-refractivity contribution in [3.63, 3.8) is 0 Å². The fourth-order valence-electron chi connectivity index (χ4n) is 3.76. The summed E-state index contributed by atoms with van der Waals surface area (Å²) in [6, 6.07) is 11.8. The molecule has 1 aliphatic rings. The van der Waals surface area contributed by atoms with E-state index in [1.165, 1.54) is 29.2 Å². The summed E-state index contributed by atoms with van der Waals surface area (Å²) in [6.45, 7) is 3.62. The lowest BCUT2D eigenvalue weighted by Crippen LogP contribution is -2.27. The third-order valence-corrected chi connectivity index (χ3v) is 7.42. The Labute approximate surface area is 192 Å². The third kappa shape index (κ3) is 3.97. The van der Waals surface area contributed by atoms with Gasteiger partial charge in [0.2, 0.25) is 11.8 Å². The van der Waals surface area contributed by atoms with E-state index in [0.29, 0.717) is 22.5 Å². The first kappa shape index (κ1) is 22.5. The van der Waals surface area contributed by atoms with Crippen molar-refractivity contribution in [3.05, 3.63) is 53.7 Å². The van der Waals surface area contributed by atoms with E-state index in [9.17, 15) is 18.0 Å². The number of nitrogens with one attached hydrogen (secondary N) is 1. The number of sulfonamides is 1. The van der Waals surface area contributed by atoms with Crippen LogP contribution in [-0.2, 0) is 14.8 Å². The molecular weight excluding hydrogens is 444 g/mol. The van der Waals surface area contributed by atoms with Gasteiger partial charge >= 0.3 is 0 Å². The van der Waals surface area contributed by atoms with Gasteiger partial charge in [-0.25, -0.2) is 8.42 Å². The van der Waals surface area contributed by atoms with Crippen LogP contribution in [0.1, 0.15) is 28.9 Å². The Hall–Kier alpha value is -3.66. The number of anilines is 2. The molecule has 1 amide bonds. The highest BCUT2D eigenvalue weighted by molar-refractivity contribution is 7.93. The summed E-state index contributed by atoms with van der Waals surface area (Å²) in [4.78, 5) is 24.5. The van der Waals surface area contributed by atoms with Crippen LogP contribution in [0.3, 0.4) is 0 Å². The number of ether oxygens (including phenoxy) is 1. The molecule has 2 aromatic carbocycles. The van der Waals surface area contributed by atoms with Crippen molar-refractivity contribution < 1.29 is 22.7 Å². The van der Waals surface area contributed by atoms with Gasteiger partial charge in [0.1, 0.15) is 16.5 Å². The van der Waals surface area contributed by atoms with Crippen molar-refractivity contribution in [2.45, 2.75) is 31.6 Å². The maximum Gasteiger partial charge on any atom is 0.267 e. The van der Waals surface area contributed by atoms with Gasteiger partial charge in [0.05, 0.1) is 18.5 Å². The number of rotatable bonds is 5. The van der Waals surface area contributed by atoms with Gasteiger partial charge < -0.3 is 10.1 Å². The Morgan fingerprint density at radius 2 is 1.76 bits per heavy atom. The molecule has 0 atom stereocenters. The second-order valence-corrected chi connectivity index (χ2v) is 9.77. The van der Waals surface area contributed by atoms with Crippen LogP contribution < -0.4 is 14.4 Å². The van der Waals surface area contributed by atoms with Crippen LogP contribution in [0.4, 0.5) is 11.5 Å². The van der Waals surface area contributed by atoms with Crippen LogP contribution in [0, 0.1) is 13.8 Å². The Balaban J connectivity index is 1.86. The molecule has 0 saturated heterocycles. The van der Waals surface area contributed by atoms with Crippen molar-refractivity contribution in [1.29, 1.82) is 0 Å². The minimum atomic E-state index is -4.00. The average Bonchev–Trinajstić information content (AvgIpc) is 3.05. The highest BCUT2D eigenvalue weighted by atomic mass is 32.2. The SMILES string of the molecule is COc1ccc(-c2c(C)nn3c2NC(=O)CCC3=O)cc1S(=O)(=O)N(C)c1ccc(C)cc1. The third-order valence-electron chi connectivity index (χ3n) is 5.61. The lowest BCUT2D eigenvalue weighted by atomic mass is 10.1. The second-order valence-electron chi connectivity index (χ2n) is 7.84. The predicted molar refractivity (Wildman–Crippen MR) is 124 cm³/mol. The standard InChI is InChI=1S/C23H24N4O5S/c1-14-5-8-17(9-6-14)26(3)33(30,31)19-13-16(7-10-18(19)32-4)22-15(2)25-27-21(29)12-11-20(28)24-23(22)27/h5-10,13H,11-12H2,1-4H3,(H,24,28). The van der Waals surface area contributed by atoms with E-state index in [2.05, 4.69) is 10.4 Å². The van der Waals surface area contributed by atoms with E-state index in [1.54, 1.807) is 31.2 Å². The van der Waals surface area contributed by atoms with Crippen molar-refractivity contribution in [3.8, 4) is 16.9 Å². The number of aryl methyl sites for hydroxylation is 2. The maximum absolute atomic E-state index is 13.6. The molecule has 4 rings (SSSR count). The Morgan fingerprint density at radius 1 is 1.06 bits per heavy atom. The fraction of sp³-hybridized carbons (Fsp3) is 0.261. The first-order chi connectivity index (χ1) is 15.6. The smallest absolute Gasteiger partial charge is 0.267 e. The summed E-state index contributed by atoms with van der Waals surface area (Å²) >= 11 is 0. The van der Waals surface area contributed by atoms with Gasteiger partial charge in [0, 0.05) is 25.5 Å². The Bertz CT molecular complexity index is 1360. The summed E-state index contributed by atoms with van der Waals surface area (Å²) in [5, 5.41) is 7.02. The van der Waals surface area contributed by atoms with Crippen LogP contribution in [0.25, 0.3) is 11.1 Å². The molecule has 1 aliphatic heterocycles. The van der Waals surface area contributed by atoms with Crippen LogP contribution >= 0.6 is 0 Å². The molecule has 3 aromatic rings. The van der Waals surface area contributed by atoms with Crippen molar-refractivity contribution >= 4 is 33.3 Å². The number of carbonyl (C=O) groups excluding carboxylic acids is 2. The van der Waals surface area contributed by atoms with Crippen molar-refractivity contribution in [2.24, 2.45) is 0 Å². The van der Waals surface area contributed by atoms with Gasteiger partial charge in [-0.3, -0.25) is 13.9 Å². The summed E-state index contributed by atoms with van der Waals surface area (Å²) in [5.74, 6) is -0.198. The lowest BCUT2D eigenvalue weighted by Gasteiger charge is -2.21. The van der Waals surface area contributed by atoms with E-state index >= 15 is 0 Å². The minimum Gasteiger partial charge on any atom is -0.495 e. The fourth-order valence-corrected chi connectivity index (χ4v) is 5.14. The number of carbonyl (C=O) groups is 2. The zero-order valence-electron chi connectivity index (χ0n) is 18.7. The molecule has 2 heterocycles. The molecule has 33 heavy (non-hydrogen) atoms. The van der Waals surface area contributed by atoms with E-state index in [0.717, 1.165) is 5.56 Å². The van der Waals surface area contributed by atoms with E-state index in [-0.39, 0.29) is 41.1 Å². The molecule has 9 nitrogen and oxygen atoms in total. The van der Waals surface area contributed by atoms with Crippen LogP contribution in [-0.4, -0.2) is 44.2 Å². The first-order valence-electron chi connectivity index (χ1n) is 10.3. The van der Waals surface area contributed by atoms with Crippen LogP contribution in [0.5, 0.6) is 5.75 Å². The highest BCUT2D eigenvalue weighted by Crippen LogP contribution is 2.38. The molecule has 172 valence electrons. The summed E-state index contributed by atoms with van der Waals surface area (Å²) in [6.07, 6.45) is 0.104. The van der Waals surface area contributed by atoms with E-state index < -0.39 is 10.0 Å². The van der Waals surface area contributed by atoms with Gasteiger partial charge in [-0.1, -0.05) is 23.8 Å². The first-order valence-corrected chi connectivity index (χ1v) is 11.7. The van der Waals surface area contributed by atoms with Gasteiger partial charge in [-0.2, -0.15) is 9.78 Å². The molecular formula is C23H24N4O5S. The number of benzene rings is 2. The number of nitrogens with zero attached hydrogens (tertiary/aromatic N) is 3. The summed E-state index contributed by atoms with van der Waals surface area (Å²) in [7, 11) is -1.12. The van der Waals surface area contributed by atoms with Gasteiger partial charge in [-0.15, -0.1) is 0 Å². The Morgan fingerprint density at radius 3 is 2.42 bits per heavy atom. The number of hydrogen-bond acceptors (Lipinski definition) is 6. The van der Waals surface area contributed by atoms with Crippen molar-refractivity contribution in [2.75, 3.05) is 23.8 Å². The molecule has 0 aliphatic carbocycles. The topological polar surface area (TPSA) is 111 Å².